The van der Waals surface area contributed by atoms with E-state index >= 15 is 0 Å². The molecule has 1 saturated carbocycles. The number of nitrogens with one attached hydrogen (secondary N) is 2. The van der Waals surface area contributed by atoms with Gasteiger partial charge in [-0.25, -0.2) is 0 Å². The van der Waals surface area contributed by atoms with Crippen LogP contribution in [-0.4, -0.2) is 74.0 Å². The van der Waals surface area contributed by atoms with E-state index in [0.717, 1.165) is 52.0 Å². The lowest BCUT2D eigenvalue weighted by Crippen LogP contribution is -2.52. The third kappa shape index (κ3) is 6.47. The second kappa shape index (κ2) is 9.88. The van der Waals surface area contributed by atoms with Gasteiger partial charge < -0.3 is 15.5 Å². The third-order valence-electron chi connectivity index (χ3n) is 4.88. The zero-order chi connectivity index (χ0) is 16.5. The Morgan fingerprint density at radius 1 is 1.04 bits per heavy atom. The SMILES string of the molecule is CNCCCC(=O)N1CCN(CC(=O)NC2CCCCC2)CC1. The smallest absolute Gasteiger partial charge is 0.234 e. The lowest BCUT2D eigenvalue weighted by molar-refractivity contribution is -0.133. The lowest BCUT2D eigenvalue weighted by atomic mass is 9.95. The molecule has 1 heterocycles. The molecule has 132 valence electrons. The third-order valence-corrected chi connectivity index (χ3v) is 4.88. The summed E-state index contributed by atoms with van der Waals surface area (Å²) in [5, 5.41) is 6.23. The van der Waals surface area contributed by atoms with E-state index in [1.165, 1.54) is 19.3 Å². The molecule has 2 amide bonds. The number of carbonyl (C=O) groups excluding carboxylic acids is 2. The van der Waals surface area contributed by atoms with E-state index in [9.17, 15) is 9.59 Å². The van der Waals surface area contributed by atoms with Crippen molar-refractivity contribution in [3.05, 3.63) is 0 Å². The fraction of sp³-hybridized carbons (Fsp3) is 0.882. The maximum absolute atomic E-state index is 12.1. The number of hydrogen-bond donors (Lipinski definition) is 2. The highest BCUT2D eigenvalue weighted by atomic mass is 16.2. The van der Waals surface area contributed by atoms with E-state index in [-0.39, 0.29) is 11.8 Å². The summed E-state index contributed by atoms with van der Waals surface area (Å²) in [4.78, 5) is 28.3. The molecule has 0 aromatic carbocycles. The summed E-state index contributed by atoms with van der Waals surface area (Å²) >= 11 is 0. The minimum Gasteiger partial charge on any atom is -0.352 e. The van der Waals surface area contributed by atoms with Gasteiger partial charge in [0, 0.05) is 38.6 Å². The number of piperazine rings is 1. The van der Waals surface area contributed by atoms with E-state index < -0.39 is 0 Å². The molecule has 2 fully saturated rings. The largest absolute Gasteiger partial charge is 0.352 e. The molecule has 23 heavy (non-hydrogen) atoms. The standard InChI is InChI=1S/C17H32N4O2/c1-18-9-5-8-17(23)21-12-10-20(11-13-21)14-16(22)19-15-6-3-2-4-7-15/h15,18H,2-14H2,1H3,(H,19,22). The zero-order valence-corrected chi connectivity index (χ0v) is 14.5. The van der Waals surface area contributed by atoms with Crippen LogP contribution >= 0.6 is 0 Å². The van der Waals surface area contributed by atoms with Crippen molar-refractivity contribution in [1.82, 2.24) is 20.4 Å². The molecule has 6 nitrogen and oxygen atoms in total. The number of carbonyl (C=O) groups is 2. The Morgan fingerprint density at radius 2 is 1.74 bits per heavy atom. The maximum atomic E-state index is 12.1. The van der Waals surface area contributed by atoms with Crippen LogP contribution in [0.5, 0.6) is 0 Å². The lowest BCUT2D eigenvalue weighted by Gasteiger charge is -2.34. The van der Waals surface area contributed by atoms with E-state index in [2.05, 4.69) is 15.5 Å². The average Bonchev–Trinajstić information content (AvgIpc) is 2.56. The molecule has 0 radical (unpaired) electrons. The van der Waals surface area contributed by atoms with Gasteiger partial charge in [-0.2, -0.15) is 0 Å². The molecular weight excluding hydrogens is 292 g/mol. The Bertz CT molecular complexity index is 375. The predicted molar refractivity (Wildman–Crippen MR) is 91.2 cm³/mol. The second-order valence-electron chi connectivity index (χ2n) is 6.77. The molecule has 0 atom stereocenters. The van der Waals surface area contributed by atoms with E-state index in [1.807, 2.05) is 11.9 Å². The van der Waals surface area contributed by atoms with Crippen molar-refractivity contribution in [2.45, 2.75) is 51.0 Å². The molecule has 2 rings (SSSR count). The van der Waals surface area contributed by atoms with Crippen molar-refractivity contribution in [3.63, 3.8) is 0 Å². The van der Waals surface area contributed by atoms with Crippen LogP contribution < -0.4 is 10.6 Å². The summed E-state index contributed by atoms with van der Waals surface area (Å²) in [6.07, 6.45) is 7.53. The summed E-state index contributed by atoms with van der Waals surface area (Å²) in [5.41, 5.74) is 0. The topological polar surface area (TPSA) is 64.7 Å². The van der Waals surface area contributed by atoms with Crippen LogP contribution in [-0.2, 0) is 9.59 Å². The number of hydrogen-bond acceptors (Lipinski definition) is 4. The van der Waals surface area contributed by atoms with Crippen LogP contribution in [0.3, 0.4) is 0 Å². The van der Waals surface area contributed by atoms with Gasteiger partial charge in [0.1, 0.15) is 0 Å². The van der Waals surface area contributed by atoms with Gasteiger partial charge in [0.15, 0.2) is 0 Å². The van der Waals surface area contributed by atoms with Gasteiger partial charge in [-0.15, -0.1) is 0 Å². The molecule has 2 aliphatic rings. The molecule has 1 aliphatic carbocycles. The first-order valence-electron chi connectivity index (χ1n) is 9.13. The number of amides is 2. The number of rotatable bonds is 7. The molecule has 6 heteroatoms. The molecule has 1 saturated heterocycles. The molecule has 0 aromatic rings. The highest BCUT2D eigenvalue weighted by Crippen LogP contribution is 2.17. The Hall–Kier alpha value is -1.14. The summed E-state index contributed by atoms with van der Waals surface area (Å²) < 4.78 is 0. The summed E-state index contributed by atoms with van der Waals surface area (Å²) in [5.74, 6) is 0.386. The van der Waals surface area contributed by atoms with Gasteiger partial charge in [-0.05, 0) is 32.9 Å². The molecule has 0 aromatic heterocycles. The molecule has 0 spiro atoms. The normalized spacial score (nSPS) is 20.5. The molecule has 2 N–H and O–H groups in total. The van der Waals surface area contributed by atoms with Crippen molar-refractivity contribution < 1.29 is 9.59 Å². The predicted octanol–water partition coefficient (Wildman–Crippen LogP) is 0.579. The van der Waals surface area contributed by atoms with Crippen molar-refractivity contribution in [2.24, 2.45) is 0 Å². The summed E-state index contributed by atoms with van der Waals surface area (Å²) in [7, 11) is 1.90. The maximum Gasteiger partial charge on any atom is 0.234 e. The highest BCUT2D eigenvalue weighted by Gasteiger charge is 2.23. The molecular formula is C17H32N4O2. The van der Waals surface area contributed by atoms with Gasteiger partial charge in [0.2, 0.25) is 11.8 Å². The van der Waals surface area contributed by atoms with Gasteiger partial charge in [-0.3, -0.25) is 14.5 Å². The minimum atomic E-state index is 0.144. The fourth-order valence-electron chi connectivity index (χ4n) is 3.45. The van der Waals surface area contributed by atoms with Gasteiger partial charge in [0.25, 0.3) is 0 Å². The van der Waals surface area contributed by atoms with E-state index in [1.54, 1.807) is 0 Å². The first kappa shape index (κ1) is 18.2. The Labute approximate surface area is 140 Å². The molecule has 0 unspecified atom stereocenters. The fourth-order valence-corrected chi connectivity index (χ4v) is 3.45. The Morgan fingerprint density at radius 3 is 2.39 bits per heavy atom. The van der Waals surface area contributed by atoms with Gasteiger partial charge >= 0.3 is 0 Å². The van der Waals surface area contributed by atoms with Crippen molar-refractivity contribution in [1.29, 1.82) is 0 Å². The first-order valence-corrected chi connectivity index (χ1v) is 9.13. The monoisotopic (exact) mass is 324 g/mol. The van der Waals surface area contributed by atoms with Crippen molar-refractivity contribution >= 4 is 11.8 Å². The van der Waals surface area contributed by atoms with Crippen molar-refractivity contribution in [2.75, 3.05) is 46.3 Å². The van der Waals surface area contributed by atoms with E-state index in [4.69, 9.17) is 0 Å². The van der Waals surface area contributed by atoms with Crippen LogP contribution in [0.15, 0.2) is 0 Å². The molecule has 0 bridgehead atoms. The quantitative estimate of drug-likeness (QED) is 0.673. The van der Waals surface area contributed by atoms with Crippen LogP contribution in [0.1, 0.15) is 44.9 Å². The highest BCUT2D eigenvalue weighted by molar-refractivity contribution is 5.78. The zero-order valence-electron chi connectivity index (χ0n) is 14.5. The average molecular weight is 324 g/mol. The van der Waals surface area contributed by atoms with Crippen molar-refractivity contribution in [3.8, 4) is 0 Å². The van der Waals surface area contributed by atoms with Crippen LogP contribution in [0.2, 0.25) is 0 Å². The summed E-state index contributed by atoms with van der Waals surface area (Å²) in [6, 6.07) is 0.381. The van der Waals surface area contributed by atoms with Gasteiger partial charge in [-0.1, -0.05) is 19.3 Å². The minimum absolute atomic E-state index is 0.144. The van der Waals surface area contributed by atoms with Gasteiger partial charge in [0.05, 0.1) is 6.54 Å². The van der Waals surface area contributed by atoms with E-state index in [0.29, 0.717) is 19.0 Å². The molecule has 1 aliphatic heterocycles. The van der Waals surface area contributed by atoms with Crippen LogP contribution in [0.25, 0.3) is 0 Å². The van der Waals surface area contributed by atoms with Crippen LogP contribution in [0.4, 0.5) is 0 Å². The second-order valence-corrected chi connectivity index (χ2v) is 6.77. The number of nitrogens with zero attached hydrogens (tertiary/aromatic N) is 2. The Balaban J connectivity index is 1.62. The summed E-state index contributed by atoms with van der Waals surface area (Å²) in [6.45, 7) is 4.45. The Kier molecular flexibility index (Phi) is 7.82. The first-order chi connectivity index (χ1) is 11.2. The van der Waals surface area contributed by atoms with Crippen LogP contribution in [0, 0.1) is 0 Å².